The third-order valence-corrected chi connectivity index (χ3v) is 4.10. The van der Waals surface area contributed by atoms with Gasteiger partial charge in [0.1, 0.15) is 5.52 Å². The molecule has 2 heterocycles. The van der Waals surface area contributed by atoms with Crippen molar-refractivity contribution < 1.29 is 17.9 Å². The minimum absolute atomic E-state index is 0.0616. The van der Waals surface area contributed by atoms with Crippen LogP contribution in [0.15, 0.2) is 23.0 Å². The molecule has 0 bridgehead atoms. The summed E-state index contributed by atoms with van der Waals surface area (Å²) in [6.45, 7) is -0.0686. The Bertz CT molecular complexity index is 778. The van der Waals surface area contributed by atoms with Crippen LogP contribution in [0.2, 0.25) is 5.02 Å². The van der Waals surface area contributed by atoms with Crippen molar-refractivity contribution >= 4 is 22.5 Å². The Morgan fingerprint density at radius 3 is 2.87 bits per heavy atom. The first-order valence-corrected chi connectivity index (χ1v) is 7.48. The van der Waals surface area contributed by atoms with Crippen molar-refractivity contribution in [3.05, 3.63) is 33.6 Å². The largest absolute Gasteiger partial charge is 0.414 e. The van der Waals surface area contributed by atoms with Crippen molar-refractivity contribution in [3.8, 4) is 0 Å². The third kappa shape index (κ3) is 3.32. The first kappa shape index (κ1) is 16.2. The number of rotatable bonds is 2. The number of benzene rings is 1. The van der Waals surface area contributed by atoms with E-state index in [1.54, 1.807) is 18.2 Å². The van der Waals surface area contributed by atoms with Crippen LogP contribution in [0, 0.1) is 0 Å². The van der Waals surface area contributed by atoms with E-state index in [0.717, 1.165) is 4.68 Å². The lowest BCUT2D eigenvalue weighted by Gasteiger charge is -2.31. The number of aromatic nitrogens is 3. The molecule has 1 aromatic heterocycles. The van der Waals surface area contributed by atoms with Crippen molar-refractivity contribution in [2.75, 3.05) is 0 Å². The summed E-state index contributed by atoms with van der Waals surface area (Å²) in [6.07, 6.45) is -6.15. The third-order valence-electron chi connectivity index (χ3n) is 3.80. The van der Waals surface area contributed by atoms with Crippen LogP contribution in [0.5, 0.6) is 0 Å². The van der Waals surface area contributed by atoms with E-state index in [4.69, 9.17) is 16.3 Å². The zero-order chi connectivity index (χ0) is 16.6. The lowest BCUT2D eigenvalue weighted by molar-refractivity contribution is -0.246. The molecule has 5 nitrogen and oxygen atoms in total. The monoisotopic (exact) mass is 347 g/mol. The fourth-order valence-electron chi connectivity index (χ4n) is 2.65. The molecule has 0 radical (unpaired) electrons. The highest BCUT2D eigenvalue weighted by Gasteiger charge is 2.43. The summed E-state index contributed by atoms with van der Waals surface area (Å²) >= 11 is 5.94. The van der Waals surface area contributed by atoms with Crippen LogP contribution in [0.25, 0.3) is 10.9 Å². The summed E-state index contributed by atoms with van der Waals surface area (Å²) in [7, 11) is 0. The van der Waals surface area contributed by atoms with Gasteiger partial charge in [0.15, 0.2) is 6.10 Å². The second kappa shape index (κ2) is 6.09. The van der Waals surface area contributed by atoms with Crippen LogP contribution in [0.3, 0.4) is 0 Å². The van der Waals surface area contributed by atoms with E-state index >= 15 is 0 Å². The van der Waals surface area contributed by atoms with Crippen molar-refractivity contribution in [1.82, 2.24) is 15.0 Å². The van der Waals surface area contributed by atoms with Gasteiger partial charge in [0.05, 0.1) is 23.1 Å². The van der Waals surface area contributed by atoms with Gasteiger partial charge in [-0.2, -0.15) is 13.2 Å². The normalized spacial score (nSPS) is 22.4. The van der Waals surface area contributed by atoms with E-state index in [9.17, 15) is 18.0 Å². The highest BCUT2D eigenvalue weighted by Crippen LogP contribution is 2.32. The van der Waals surface area contributed by atoms with Crippen LogP contribution in [0.4, 0.5) is 13.2 Å². The van der Waals surface area contributed by atoms with E-state index < -0.39 is 23.9 Å². The van der Waals surface area contributed by atoms with E-state index in [-0.39, 0.29) is 23.9 Å². The number of ether oxygens (including phenoxy) is 1. The molecule has 1 aliphatic rings. The van der Waals surface area contributed by atoms with Crippen molar-refractivity contribution in [2.24, 2.45) is 0 Å². The van der Waals surface area contributed by atoms with Gasteiger partial charge in [-0.15, -0.1) is 5.10 Å². The minimum atomic E-state index is -4.40. The number of fused-ring (bicyclic) bond motifs is 1. The standard InChI is InChI=1S/C14H13ClF3N3O2/c15-10-5-2-4-9-12(10)19-20-21(13(9)22)7-8-3-1-6-11(23-8)14(16,17)18/h2,4-5,8,11H,1,3,6-7H2. The highest BCUT2D eigenvalue weighted by molar-refractivity contribution is 6.34. The van der Waals surface area contributed by atoms with Crippen molar-refractivity contribution in [1.29, 1.82) is 0 Å². The average Bonchev–Trinajstić information content (AvgIpc) is 2.50. The van der Waals surface area contributed by atoms with Crippen LogP contribution in [0.1, 0.15) is 19.3 Å². The second-order valence-electron chi connectivity index (χ2n) is 5.43. The average molecular weight is 348 g/mol. The Morgan fingerprint density at radius 1 is 1.35 bits per heavy atom. The van der Waals surface area contributed by atoms with Gasteiger partial charge in [-0.3, -0.25) is 4.79 Å². The summed E-state index contributed by atoms with van der Waals surface area (Å²) in [5.41, 5.74) is -0.177. The molecule has 1 fully saturated rings. The highest BCUT2D eigenvalue weighted by atomic mass is 35.5. The van der Waals surface area contributed by atoms with Gasteiger partial charge in [-0.05, 0) is 31.4 Å². The molecule has 1 aromatic carbocycles. The summed E-state index contributed by atoms with van der Waals surface area (Å²) in [5.74, 6) is 0. The van der Waals surface area contributed by atoms with Gasteiger partial charge in [0, 0.05) is 0 Å². The predicted molar refractivity (Wildman–Crippen MR) is 77.4 cm³/mol. The summed E-state index contributed by atoms with van der Waals surface area (Å²) < 4.78 is 44.3. The second-order valence-corrected chi connectivity index (χ2v) is 5.84. The maximum absolute atomic E-state index is 12.7. The Balaban J connectivity index is 1.85. The molecule has 0 aliphatic carbocycles. The van der Waals surface area contributed by atoms with Crippen LogP contribution < -0.4 is 5.56 Å². The quantitative estimate of drug-likeness (QED) is 0.838. The molecule has 2 atom stereocenters. The molecule has 0 amide bonds. The molecule has 0 saturated carbocycles. The maximum atomic E-state index is 12.7. The fraction of sp³-hybridized carbons (Fsp3) is 0.500. The number of alkyl halides is 3. The zero-order valence-electron chi connectivity index (χ0n) is 11.9. The molecule has 23 heavy (non-hydrogen) atoms. The van der Waals surface area contributed by atoms with Crippen molar-refractivity contribution in [3.63, 3.8) is 0 Å². The smallest absolute Gasteiger partial charge is 0.364 e. The van der Waals surface area contributed by atoms with Crippen molar-refractivity contribution in [2.45, 2.75) is 44.2 Å². The molecule has 0 spiro atoms. The summed E-state index contributed by atoms with van der Waals surface area (Å²) in [5, 5.41) is 8.21. The number of nitrogens with zero attached hydrogens (tertiary/aromatic N) is 3. The van der Waals surface area contributed by atoms with Crippen LogP contribution in [-0.4, -0.2) is 33.4 Å². The van der Waals surface area contributed by atoms with Crippen LogP contribution in [-0.2, 0) is 11.3 Å². The Hall–Kier alpha value is -1.67. The molecule has 0 N–H and O–H groups in total. The van der Waals surface area contributed by atoms with Gasteiger partial charge in [-0.25, -0.2) is 4.68 Å². The molecule has 9 heteroatoms. The molecule has 2 aromatic rings. The molecule has 124 valence electrons. The lowest BCUT2D eigenvalue weighted by Crippen LogP contribution is -2.41. The molecule has 1 aliphatic heterocycles. The summed E-state index contributed by atoms with van der Waals surface area (Å²) in [6, 6.07) is 4.74. The van der Waals surface area contributed by atoms with Gasteiger partial charge < -0.3 is 4.74 Å². The van der Waals surface area contributed by atoms with Crippen LogP contribution >= 0.6 is 11.6 Å². The SMILES string of the molecule is O=c1c2cccc(Cl)c2nnn1CC1CCCC(C(F)(F)F)O1. The molecular weight excluding hydrogens is 335 g/mol. The first-order valence-electron chi connectivity index (χ1n) is 7.10. The summed E-state index contributed by atoms with van der Waals surface area (Å²) in [4.78, 5) is 12.4. The van der Waals surface area contributed by atoms with E-state index in [1.165, 1.54) is 0 Å². The van der Waals surface area contributed by atoms with Gasteiger partial charge in [0.25, 0.3) is 5.56 Å². The maximum Gasteiger partial charge on any atom is 0.414 e. The number of halogens is 4. The number of hydrogen-bond acceptors (Lipinski definition) is 4. The van der Waals surface area contributed by atoms with E-state index in [2.05, 4.69) is 10.3 Å². The molecule has 2 unspecified atom stereocenters. The predicted octanol–water partition coefficient (Wildman–Crippen LogP) is 2.94. The van der Waals surface area contributed by atoms with Gasteiger partial charge >= 0.3 is 6.18 Å². The van der Waals surface area contributed by atoms with E-state index in [0.29, 0.717) is 17.9 Å². The Labute approximate surface area is 134 Å². The Kier molecular flexibility index (Phi) is 4.29. The van der Waals surface area contributed by atoms with Gasteiger partial charge in [-0.1, -0.05) is 22.9 Å². The fourth-order valence-corrected chi connectivity index (χ4v) is 2.87. The first-order chi connectivity index (χ1) is 10.9. The number of hydrogen-bond donors (Lipinski definition) is 0. The molecule has 3 rings (SSSR count). The van der Waals surface area contributed by atoms with E-state index in [1.807, 2.05) is 0 Å². The zero-order valence-corrected chi connectivity index (χ0v) is 12.6. The molecular formula is C14H13ClF3N3O2. The minimum Gasteiger partial charge on any atom is -0.364 e. The Morgan fingerprint density at radius 2 is 2.13 bits per heavy atom. The molecule has 1 saturated heterocycles. The van der Waals surface area contributed by atoms with Gasteiger partial charge in [0.2, 0.25) is 0 Å². The topological polar surface area (TPSA) is 57.0 Å². The lowest BCUT2D eigenvalue weighted by atomic mass is 10.0.